The van der Waals surface area contributed by atoms with Crippen LogP contribution in [0.4, 0.5) is 0 Å². The molecule has 23 heavy (non-hydrogen) atoms. The Morgan fingerprint density at radius 2 is 1.87 bits per heavy atom. The molecule has 1 aromatic heterocycles. The molecule has 2 aromatic rings. The molecule has 3 rings (SSSR count). The smallest absolute Gasteiger partial charge is 0.260 e. The predicted octanol–water partition coefficient (Wildman–Crippen LogP) is 2.95. The van der Waals surface area contributed by atoms with Crippen molar-refractivity contribution in [3.8, 4) is 0 Å². The lowest BCUT2D eigenvalue weighted by atomic mass is 9.78. The van der Waals surface area contributed by atoms with Crippen LogP contribution in [0, 0.1) is 12.3 Å². The Morgan fingerprint density at radius 3 is 2.52 bits per heavy atom. The van der Waals surface area contributed by atoms with Gasteiger partial charge in [0.1, 0.15) is 5.56 Å². The molecule has 2 heterocycles. The molecule has 4 heteroatoms. The van der Waals surface area contributed by atoms with E-state index in [2.05, 4.69) is 31.0 Å². The number of amides is 1. The Labute approximate surface area is 136 Å². The summed E-state index contributed by atoms with van der Waals surface area (Å²) in [5, 5.41) is 0. The van der Waals surface area contributed by atoms with Gasteiger partial charge >= 0.3 is 0 Å². The van der Waals surface area contributed by atoms with Crippen LogP contribution in [0.1, 0.15) is 41.4 Å². The first-order valence-corrected chi connectivity index (χ1v) is 7.92. The lowest BCUT2D eigenvalue weighted by molar-refractivity contribution is 0.0776. The minimum atomic E-state index is -0.309. The van der Waals surface area contributed by atoms with Crippen molar-refractivity contribution in [2.75, 3.05) is 13.1 Å². The highest BCUT2D eigenvalue weighted by atomic mass is 16.2. The number of rotatable bonds is 2. The van der Waals surface area contributed by atoms with Gasteiger partial charge in [0.15, 0.2) is 0 Å². The summed E-state index contributed by atoms with van der Waals surface area (Å²) in [4.78, 5) is 29.3. The van der Waals surface area contributed by atoms with Crippen LogP contribution in [0.3, 0.4) is 0 Å². The lowest BCUT2D eigenvalue weighted by Crippen LogP contribution is -2.34. The first kappa shape index (κ1) is 15.5. The SMILES string of the molecule is Cc1ccc(C(=O)N2C[C@@H](c3ccccc3)C(C)(C)C2)c(=O)[nH]1. The van der Waals surface area contributed by atoms with Crippen molar-refractivity contribution in [1.29, 1.82) is 0 Å². The standard InChI is InChI=1S/C19H22N2O2/c1-13-9-10-15(17(22)20-13)18(23)21-11-16(19(2,3)12-21)14-7-5-4-6-8-14/h4-10,16H,11-12H2,1-3H3,(H,20,22)/t16-/m0/s1. The quantitative estimate of drug-likeness (QED) is 0.927. The van der Waals surface area contributed by atoms with E-state index < -0.39 is 0 Å². The predicted molar refractivity (Wildman–Crippen MR) is 90.7 cm³/mol. The van der Waals surface area contributed by atoms with Crippen LogP contribution < -0.4 is 5.56 Å². The molecule has 0 saturated carbocycles. The maximum Gasteiger partial charge on any atom is 0.260 e. The zero-order chi connectivity index (χ0) is 16.6. The van der Waals surface area contributed by atoms with Gasteiger partial charge in [-0.1, -0.05) is 44.2 Å². The minimum Gasteiger partial charge on any atom is -0.337 e. The topological polar surface area (TPSA) is 53.2 Å². The van der Waals surface area contributed by atoms with E-state index in [0.29, 0.717) is 13.1 Å². The Kier molecular flexibility index (Phi) is 3.84. The average molecular weight is 310 g/mol. The van der Waals surface area contributed by atoms with E-state index in [9.17, 15) is 9.59 Å². The second-order valence-corrected chi connectivity index (χ2v) is 7.02. The summed E-state index contributed by atoms with van der Waals surface area (Å²) in [5.41, 5.74) is 1.89. The summed E-state index contributed by atoms with van der Waals surface area (Å²) >= 11 is 0. The van der Waals surface area contributed by atoms with Gasteiger partial charge in [0.2, 0.25) is 0 Å². The molecule has 1 aliphatic rings. The number of aromatic amines is 1. The van der Waals surface area contributed by atoms with E-state index in [1.165, 1.54) is 5.56 Å². The van der Waals surface area contributed by atoms with Crippen LogP contribution in [-0.2, 0) is 0 Å². The number of H-pyrrole nitrogens is 1. The van der Waals surface area contributed by atoms with E-state index in [4.69, 9.17) is 0 Å². The van der Waals surface area contributed by atoms with Crippen LogP contribution in [-0.4, -0.2) is 28.9 Å². The van der Waals surface area contributed by atoms with Crippen molar-refractivity contribution in [3.05, 3.63) is 69.6 Å². The van der Waals surface area contributed by atoms with Gasteiger partial charge in [-0.2, -0.15) is 0 Å². The van der Waals surface area contributed by atoms with Crippen LogP contribution in [0.5, 0.6) is 0 Å². The Bertz CT molecular complexity index is 777. The maximum atomic E-state index is 12.7. The number of carbonyl (C=O) groups is 1. The third-order valence-corrected chi connectivity index (χ3v) is 4.72. The summed E-state index contributed by atoms with van der Waals surface area (Å²) in [7, 11) is 0. The number of benzene rings is 1. The van der Waals surface area contributed by atoms with Gasteiger partial charge in [0, 0.05) is 24.7 Å². The third kappa shape index (κ3) is 2.93. The second-order valence-electron chi connectivity index (χ2n) is 7.02. The van der Waals surface area contributed by atoms with Crippen LogP contribution in [0.25, 0.3) is 0 Å². The molecule has 1 N–H and O–H groups in total. The number of aromatic nitrogens is 1. The summed E-state index contributed by atoms with van der Waals surface area (Å²) < 4.78 is 0. The molecule has 1 aliphatic heterocycles. The fourth-order valence-electron chi connectivity index (χ4n) is 3.44. The molecule has 1 amide bonds. The zero-order valence-corrected chi connectivity index (χ0v) is 13.8. The fraction of sp³-hybridized carbons (Fsp3) is 0.368. The van der Waals surface area contributed by atoms with E-state index >= 15 is 0 Å². The van der Waals surface area contributed by atoms with E-state index in [1.54, 1.807) is 24.0 Å². The van der Waals surface area contributed by atoms with Crippen molar-refractivity contribution < 1.29 is 4.79 Å². The highest BCUT2D eigenvalue weighted by Gasteiger charge is 2.42. The molecule has 0 spiro atoms. The molecule has 0 bridgehead atoms. The summed E-state index contributed by atoms with van der Waals surface area (Å²) in [6.07, 6.45) is 0. The summed E-state index contributed by atoms with van der Waals surface area (Å²) in [6, 6.07) is 13.7. The molecule has 1 fully saturated rings. The number of likely N-dealkylation sites (tertiary alicyclic amines) is 1. The molecule has 0 unspecified atom stereocenters. The van der Waals surface area contributed by atoms with Crippen LogP contribution >= 0.6 is 0 Å². The molecule has 1 saturated heterocycles. The molecular formula is C19H22N2O2. The maximum absolute atomic E-state index is 12.7. The third-order valence-electron chi connectivity index (χ3n) is 4.72. The number of aryl methyl sites for hydroxylation is 1. The van der Waals surface area contributed by atoms with Gasteiger partial charge in [0.05, 0.1) is 0 Å². The van der Waals surface area contributed by atoms with E-state index in [1.807, 2.05) is 18.2 Å². The Balaban J connectivity index is 1.88. The molecular weight excluding hydrogens is 288 g/mol. The summed E-state index contributed by atoms with van der Waals surface area (Å²) in [6.45, 7) is 7.45. The monoisotopic (exact) mass is 310 g/mol. The highest BCUT2D eigenvalue weighted by molar-refractivity contribution is 5.94. The normalized spacial score (nSPS) is 19.8. The van der Waals surface area contributed by atoms with Crippen LogP contribution in [0.15, 0.2) is 47.3 Å². The number of pyridine rings is 1. The van der Waals surface area contributed by atoms with Gasteiger partial charge in [-0.25, -0.2) is 0 Å². The molecule has 120 valence electrons. The van der Waals surface area contributed by atoms with Gasteiger partial charge in [-0.15, -0.1) is 0 Å². The molecule has 1 aromatic carbocycles. The van der Waals surface area contributed by atoms with E-state index in [-0.39, 0.29) is 28.4 Å². The number of carbonyl (C=O) groups excluding carboxylic acids is 1. The van der Waals surface area contributed by atoms with Crippen molar-refractivity contribution in [1.82, 2.24) is 9.88 Å². The summed E-state index contributed by atoms with van der Waals surface area (Å²) in [5.74, 6) is 0.0925. The van der Waals surface area contributed by atoms with Gasteiger partial charge in [-0.3, -0.25) is 9.59 Å². The van der Waals surface area contributed by atoms with Crippen LogP contribution in [0.2, 0.25) is 0 Å². The van der Waals surface area contributed by atoms with Crippen molar-refractivity contribution in [2.24, 2.45) is 5.41 Å². The number of nitrogens with zero attached hydrogens (tertiary/aromatic N) is 1. The lowest BCUT2D eigenvalue weighted by Gasteiger charge is -2.25. The Hall–Kier alpha value is -2.36. The fourth-order valence-corrected chi connectivity index (χ4v) is 3.44. The van der Waals surface area contributed by atoms with Gasteiger partial charge in [0.25, 0.3) is 11.5 Å². The van der Waals surface area contributed by atoms with Crippen molar-refractivity contribution in [3.63, 3.8) is 0 Å². The van der Waals surface area contributed by atoms with Gasteiger partial charge in [-0.05, 0) is 30.0 Å². The number of hydrogen-bond donors (Lipinski definition) is 1. The first-order chi connectivity index (χ1) is 10.9. The zero-order valence-electron chi connectivity index (χ0n) is 13.8. The molecule has 1 atom stereocenters. The van der Waals surface area contributed by atoms with Crippen molar-refractivity contribution >= 4 is 5.91 Å². The first-order valence-electron chi connectivity index (χ1n) is 7.92. The molecule has 0 radical (unpaired) electrons. The highest BCUT2D eigenvalue weighted by Crippen LogP contribution is 2.42. The molecule has 0 aliphatic carbocycles. The Morgan fingerprint density at radius 1 is 1.17 bits per heavy atom. The van der Waals surface area contributed by atoms with Crippen molar-refractivity contribution in [2.45, 2.75) is 26.7 Å². The van der Waals surface area contributed by atoms with Gasteiger partial charge < -0.3 is 9.88 Å². The largest absolute Gasteiger partial charge is 0.337 e. The number of hydrogen-bond acceptors (Lipinski definition) is 2. The molecule has 4 nitrogen and oxygen atoms in total. The number of nitrogens with one attached hydrogen (secondary N) is 1. The second kappa shape index (κ2) is 5.69. The van der Waals surface area contributed by atoms with E-state index in [0.717, 1.165) is 5.69 Å². The minimum absolute atomic E-state index is 0.0194. The average Bonchev–Trinajstić information content (AvgIpc) is 2.83.